The molecule has 0 aliphatic carbocycles. The molecular formula is C26H32Br2S2. The highest BCUT2D eigenvalue weighted by atomic mass is 79.9. The van der Waals surface area contributed by atoms with Gasteiger partial charge in [0.2, 0.25) is 0 Å². The molecule has 0 bridgehead atoms. The standard InChI is InChI=1S/C26H32Br2S2/c1-3-5-7-9-11-19-13-15-25(29-19)21-17-22(24(28)18-23(21)27)26-16-14-20(30-26)12-10-8-6-4-2/h13-18H,3-12H2,1-2H3. The number of aryl methyl sites for hydroxylation is 2. The smallest absolute Gasteiger partial charge is 0.0357 e. The summed E-state index contributed by atoms with van der Waals surface area (Å²) in [5.41, 5.74) is 2.60. The minimum Gasteiger partial charge on any atom is -0.140 e. The zero-order chi connectivity index (χ0) is 21.3. The second kappa shape index (κ2) is 12.6. The summed E-state index contributed by atoms with van der Waals surface area (Å²) in [6.45, 7) is 4.55. The van der Waals surface area contributed by atoms with Gasteiger partial charge in [-0.15, -0.1) is 22.7 Å². The summed E-state index contributed by atoms with van der Waals surface area (Å²) in [4.78, 5) is 5.72. The Hall–Kier alpha value is -0.420. The molecule has 0 spiro atoms. The van der Waals surface area contributed by atoms with Gasteiger partial charge in [-0.3, -0.25) is 0 Å². The fraction of sp³-hybridized carbons (Fsp3) is 0.462. The van der Waals surface area contributed by atoms with Crippen LogP contribution in [0.1, 0.15) is 75.0 Å². The molecule has 3 rings (SSSR count). The first kappa shape index (κ1) is 24.2. The predicted molar refractivity (Wildman–Crippen MR) is 144 cm³/mol. The maximum atomic E-state index is 3.81. The van der Waals surface area contributed by atoms with E-state index in [-0.39, 0.29) is 0 Å². The van der Waals surface area contributed by atoms with Crippen molar-refractivity contribution in [3.05, 3.63) is 55.1 Å². The first-order valence-electron chi connectivity index (χ1n) is 11.3. The lowest BCUT2D eigenvalue weighted by Gasteiger charge is -2.08. The molecule has 0 radical (unpaired) electrons. The van der Waals surface area contributed by atoms with Crippen LogP contribution in [-0.4, -0.2) is 0 Å². The van der Waals surface area contributed by atoms with Gasteiger partial charge in [0, 0.05) is 39.6 Å². The van der Waals surface area contributed by atoms with Gasteiger partial charge in [-0.1, -0.05) is 84.2 Å². The second-order valence-electron chi connectivity index (χ2n) is 7.97. The molecule has 0 saturated carbocycles. The van der Waals surface area contributed by atoms with Gasteiger partial charge < -0.3 is 0 Å². The molecule has 1 aromatic carbocycles. The lowest BCUT2D eigenvalue weighted by molar-refractivity contribution is 0.670. The molecule has 2 aromatic heterocycles. The molecule has 3 aromatic rings. The molecule has 30 heavy (non-hydrogen) atoms. The van der Waals surface area contributed by atoms with Gasteiger partial charge in [0.25, 0.3) is 0 Å². The molecule has 0 unspecified atom stereocenters. The van der Waals surface area contributed by atoms with Crippen molar-refractivity contribution in [1.82, 2.24) is 0 Å². The largest absolute Gasteiger partial charge is 0.140 e. The molecule has 4 heteroatoms. The van der Waals surface area contributed by atoms with E-state index in [9.17, 15) is 0 Å². The Morgan fingerprint density at radius 2 is 1.07 bits per heavy atom. The van der Waals surface area contributed by atoms with E-state index in [1.54, 1.807) is 0 Å². The summed E-state index contributed by atoms with van der Waals surface area (Å²) >= 11 is 11.5. The quantitative estimate of drug-likeness (QED) is 0.191. The topological polar surface area (TPSA) is 0 Å². The van der Waals surface area contributed by atoms with Crippen LogP contribution < -0.4 is 0 Å². The van der Waals surface area contributed by atoms with E-state index < -0.39 is 0 Å². The van der Waals surface area contributed by atoms with Crippen molar-refractivity contribution < 1.29 is 0 Å². The fourth-order valence-corrected chi connectivity index (χ4v) is 7.54. The van der Waals surface area contributed by atoms with Gasteiger partial charge in [-0.25, -0.2) is 0 Å². The van der Waals surface area contributed by atoms with E-state index in [1.165, 1.54) is 94.8 Å². The van der Waals surface area contributed by atoms with Crippen LogP contribution in [0.25, 0.3) is 20.9 Å². The predicted octanol–water partition coefficient (Wildman–Crippen LogP) is 10.9. The van der Waals surface area contributed by atoms with Crippen molar-refractivity contribution in [2.24, 2.45) is 0 Å². The number of hydrogen-bond acceptors (Lipinski definition) is 2. The summed E-state index contributed by atoms with van der Waals surface area (Å²) in [7, 11) is 0. The highest BCUT2D eigenvalue weighted by molar-refractivity contribution is 9.11. The third-order valence-corrected chi connectivity index (χ3v) is 9.13. The lowest BCUT2D eigenvalue weighted by Crippen LogP contribution is -1.82. The summed E-state index contributed by atoms with van der Waals surface area (Å²) in [5.74, 6) is 0. The van der Waals surface area contributed by atoms with Crippen molar-refractivity contribution in [2.75, 3.05) is 0 Å². The second-order valence-corrected chi connectivity index (χ2v) is 12.0. The third kappa shape index (κ3) is 6.79. The SMILES string of the molecule is CCCCCCc1ccc(-c2cc(-c3ccc(CCCCCC)s3)c(Br)cc2Br)s1. The zero-order valence-corrected chi connectivity index (χ0v) is 22.9. The van der Waals surface area contributed by atoms with Crippen molar-refractivity contribution in [3.8, 4) is 20.9 Å². The first-order valence-corrected chi connectivity index (χ1v) is 14.5. The molecule has 0 fully saturated rings. The molecule has 2 heterocycles. The third-order valence-electron chi connectivity index (χ3n) is 5.46. The van der Waals surface area contributed by atoms with E-state index in [0.717, 1.165) is 8.95 Å². The van der Waals surface area contributed by atoms with Crippen LogP contribution in [-0.2, 0) is 12.8 Å². The maximum absolute atomic E-state index is 3.81. The van der Waals surface area contributed by atoms with Crippen LogP contribution in [0.3, 0.4) is 0 Å². The summed E-state index contributed by atoms with van der Waals surface area (Å²) < 4.78 is 2.32. The molecule has 162 valence electrons. The van der Waals surface area contributed by atoms with Crippen molar-refractivity contribution in [2.45, 2.75) is 78.1 Å². The fourth-order valence-electron chi connectivity index (χ4n) is 3.69. The molecule has 0 atom stereocenters. The van der Waals surface area contributed by atoms with Gasteiger partial charge in [0.05, 0.1) is 0 Å². The van der Waals surface area contributed by atoms with Crippen LogP contribution >= 0.6 is 54.5 Å². The Morgan fingerprint density at radius 3 is 1.50 bits per heavy atom. The van der Waals surface area contributed by atoms with Gasteiger partial charge in [0.15, 0.2) is 0 Å². The minimum atomic E-state index is 1.16. The Morgan fingerprint density at radius 1 is 0.600 bits per heavy atom. The summed E-state index contributed by atoms with van der Waals surface area (Å²) in [6, 6.07) is 13.8. The van der Waals surface area contributed by atoms with Crippen LogP contribution in [0.2, 0.25) is 0 Å². The average Bonchev–Trinajstić information content (AvgIpc) is 3.39. The van der Waals surface area contributed by atoms with Gasteiger partial charge in [0.1, 0.15) is 0 Å². The van der Waals surface area contributed by atoms with E-state index in [2.05, 4.69) is 82.1 Å². The Balaban J connectivity index is 1.75. The van der Waals surface area contributed by atoms with E-state index in [0.29, 0.717) is 0 Å². The molecule has 0 aliphatic rings. The minimum absolute atomic E-state index is 1.16. The molecule has 0 saturated heterocycles. The van der Waals surface area contributed by atoms with E-state index in [4.69, 9.17) is 0 Å². The van der Waals surface area contributed by atoms with Crippen LogP contribution in [0.4, 0.5) is 0 Å². The zero-order valence-electron chi connectivity index (χ0n) is 18.1. The summed E-state index contributed by atoms with van der Waals surface area (Å²) in [5, 5.41) is 0. The average molecular weight is 568 g/mol. The van der Waals surface area contributed by atoms with Crippen LogP contribution in [0.15, 0.2) is 45.3 Å². The van der Waals surface area contributed by atoms with Crippen molar-refractivity contribution in [3.63, 3.8) is 0 Å². The normalized spacial score (nSPS) is 11.3. The van der Waals surface area contributed by atoms with E-state index in [1.807, 2.05) is 22.7 Å². The van der Waals surface area contributed by atoms with Crippen molar-refractivity contribution >= 4 is 54.5 Å². The van der Waals surface area contributed by atoms with Gasteiger partial charge >= 0.3 is 0 Å². The van der Waals surface area contributed by atoms with Gasteiger partial charge in [-0.2, -0.15) is 0 Å². The number of benzene rings is 1. The Bertz CT molecular complexity index is 852. The highest BCUT2D eigenvalue weighted by Crippen LogP contribution is 2.42. The summed E-state index contributed by atoms with van der Waals surface area (Å²) in [6.07, 6.45) is 13.0. The monoisotopic (exact) mass is 566 g/mol. The van der Waals surface area contributed by atoms with Gasteiger partial charge in [-0.05, 0) is 62.1 Å². The molecular weight excluding hydrogens is 536 g/mol. The maximum Gasteiger partial charge on any atom is 0.0357 e. The number of rotatable bonds is 12. The number of unbranched alkanes of at least 4 members (excludes halogenated alkanes) is 6. The number of halogens is 2. The highest BCUT2D eigenvalue weighted by Gasteiger charge is 2.14. The van der Waals surface area contributed by atoms with Crippen LogP contribution in [0.5, 0.6) is 0 Å². The van der Waals surface area contributed by atoms with E-state index >= 15 is 0 Å². The molecule has 0 amide bonds. The first-order chi connectivity index (χ1) is 14.6. The van der Waals surface area contributed by atoms with Crippen LogP contribution in [0, 0.1) is 0 Å². The van der Waals surface area contributed by atoms with Crippen molar-refractivity contribution in [1.29, 1.82) is 0 Å². The number of hydrogen-bond donors (Lipinski definition) is 0. The Kier molecular flexibility index (Phi) is 10.2. The molecule has 0 aliphatic heterocycles. The molecule has 0 nitrogen and oxygen atoms in total. The molecule has 0 N–H and O–H groups in total. The lowest BCUT2D eigenvalue weighted by atomic mass is 10.1. The Labute approximate surface area is 207 Å². The number of thiophene rings is 2.